The van der Waals surface area contributed by atoms with Crippen molar-refractivity contribution in [2.24, 2.45) is 5.92 Å². The van der Waals surface area contributed by atoms with Crippen LogP contribution in [0.25, 0.3) is 0 Å². The van der Waals surface area contributed by atoms with Gasteiger partial charge in [0.1, 0.15) is 0 Å². The number of nitrogens with one attached hydrogen (secondary N) is 3. The molecule has 100 valence electrons. The zero-order valence-corrected chi connectivity index (χ0v) is 11.0. The molecule has 0 amide bonds. The highest BCUT2D eigenvalue weighted by atomic mass is 15.0. The average Bonchev–Trinajstić information content (AvgIpc) is 3.03. The summed E-state index contributed by atoms with van der Waals surface area (Å²) in [6.07, 6.45) is 11.8. The molecular weight excluding hydrogens is 224 g/mol. The molecule has 1 saturated heterocycles. The van der Waals surface area contributed by atoms with Gasteiger partial charge in [-0.3, -0.25) is 0 Å². The Labute approximate surface area is 109 Å². The van der Waals surface area contributed by atoms with E-state index in [1.807, 2.05) is 6.20 Å². The van der Waals surface area contributed by atoms with Crippen LogP contribution in [0.2, 0.25) is 0 Å². The maximum Gasteiger partial charge on any atom is 0.0921 e. The molecule has 0 spiro atoms. The smallest absolute Gasteiger partial charge is 0.0921 e. The molecule has 0 bridgehead atoms. The Morgan fingerprint density at radius 1 is 1.33 bits per heavy atom. The molecule has 2 heterocycles. The Kier molecular flexibility index (Phi) is 3.96. The summed E-state index contributed by atoms with van der Waals surface area (Å²) in [4.78, 5) is 7.17. The lowest BCUT2D eigenvalue weighted by Crippen LogP contribution is -2.39. The molecule has 3 N–H and O–H groups in total. The second-order valence-electron chi connectivity index (χ2n) is 5.78. The van der Waals surface area contributed by atoms with Gasteiger partial charge in [0.05, 0.1) is 6.33 Å². The molecule has 0 radical (unpaired) electrons. The fraction of sp³-hybridized carbons (Fsp3) is 0.786. The SMILES string of the molecule is c1ncc(CCNC[C@@H]2CC3CCCCC3N2)[nH]1. The lowest BCUT2D eigenvalue weighted by atomic mass is 9.85. The number of fused-ring (bicyclic) bond motifs is 1. The normalized spacial score (nSPS) is 31.4. The van der Waals surface area contributed by atoms with E-state index in [0.29, 0.717) is 6.04 Å². The first kappa shape index (κ1) is 12.2. The monoisotopic (exact) mass is 248 g/mol. The number of hydrogen-bond acceptors (Lipinski definition) is 3. The Balaban J connectivity index is 1.34. The highest BCUT2D eigenvalue weighted by Crippen LogP contribution is 2.32. The van der Waals surface area contributed by atoms with Crippen molar-refractivity contribution < 1.29 is 0 Å². The lowest BCUT2D eigenvalue weighted by molar-refractivity contribution is 0.325. The molecular formula is C14H24N4. The number of aromatic nitrogens is 2. The topological polar surface area (TPSA) is 52.7 Å². The van der Waals surface area contributed by atoms with E-state index in [2.05, 4.69) is 20.6 Å². The van der Waals surface area contributed by atoms with Crippen molar-refractivity contribution in [2.45, 2.75) is 50.6 Å². The van der Waals surface area contributed by atoms with E-state index in [9.17, 15) is 0 Å². The second kappa shape index (κ2) is 5.85. The first-order valence-corrected chi connectivity index (χ1v) is 7.36. The van der Waals surface area contributed by atoms with Crippen LogP contribution in [0.5, 0.6) is 0 Å². The minimum absolute atomic E-state index is 0.694. The van der Waals surface area contributed by atoms with E-state index in [1.165, 1.54) is 37.8 Å². The van der Waals surface area contributed by atoms with Crippen LogP contribution in [0.4, 0.5) is 0 Å². The number of rotatable bonds is 5. The first-order chi connectivity index (χ1) is 8.92. The van der Waals surface area contributed by atoms with Crippen LogP contribution < -0.4 is 10.6 Å². The van der Waals surface area contributed by atoms with Gasteiger partial charge >= 0.3 is 0 Å². The number of aromatic amines is 1. The maximum absolute atomic E-state index is 4.03. The largest absolute Gasteiger partial charge is 0.348 e. The third kappa shape index (κ3) is 2.93. The van der Waals surface area contributed by atoms with Crippen LogP contribution in [0.15, 0.2) is 12.5 Å². The van der Waals surface area contributed by atoms with Gasteiger partial charge in [-0.2, -0.15) is 0 Å². The van der Waals surface area contributed by atoms with E-state index in [0.717, 1.165) is 31.5 Å². The number of nitrogens with zero attached hydrogens (tertiary/aromatic N) is 1. The molecule has 18 heavy (non-hydrogen) atoms. The molecule has 3 rings (SSSR count). The molecule has 1 aromatic heterocycles. The molecule has 3 atom stereocenters. The van der Waals surface area contributed by atoms with Crippen molar-refractivity contribution >= 4 is 0 Å². The predicted octanol–water partition coefficient (Wildman–Crippen LogP) is 1.46. The van der Waals surface area contributed by atoms with E-state index in [1.54, 1.807) is 6.33 Å². The van der Waals surface area contributed by atoms with Gasteiger partial charge in [-0.05, 0) is 25.2 Å². The van der Waals surface area contributed by atoms with Crippen molar-refractivity contribution in [2.75, 3.05) is 13.1 Å². The van der Waals surface area contributed by atoms with Crippen molar-refractivity contribution in [1.29, 1.82) is 0 Å². The molecule has 0 aromatic carbocycles. The van der Waals surface area contributed by atoms with Crippen molar-refractivity contribution in [3.63, 3.8) is 0 Å². The molecule has 1 aliphatic carbocycles. The summed E-state index contributed by atoms with van der Waals surface area (Å²) >= 11 is 0. The molecule has 2 unspecified atom stereocenters. The van der Waals surface area contributed by atoms with Crippen molar-refractivity contribution in [3.05, 3.63) is 18.2 Å². The van der Waals surface area contributed by atoms with Gasteiger partial charge in [0.2, 0.25) is 0 Å². The zero-order valence-electron chi connectivity index (χ0n) is 11.0. The summed E-state index contributed by atoms with van der Waals surface area (Å²) in [7, 11) is 0. The summed E-state index contributed by atoms with van der Waals surface area (Å²) in [5.41, 5.74) is 1.22. The molecule has 1 saturated carbocycles. The number of H-pyrrole nitrogens is 1. The molecule has 1 aliphatic heterocycles. The van der Waals surface area contributed by atoms with E-state index < -0.39 is 0 Å². The van der Waals surface area contributed by atoms with Crippen molar-refractivity contribution in [3.8, 4) is 0 Å². The predicted molar refractivity (Wildman–Crippen MR) is 72.4 cm³/mol. The standard InChI is InChI=1S/C14H24N4/c1-2-4-14-11(3-1)7-13(18-14)9-15-6-5-12-8-16-10-17-12/h8,10-11,13-15,18H,1-7,9H2,(H,16,17)/t11?,13-,14?/m0/s1. The summed E-state index contributed by atoms with van der Waals surface area (Å²) in [5, 5.41) is 7.37. The molecule has 2 aliphatic rings. The van der Waals surface area contributed by atoms with E-state index >= 15 is 0 Å². The molecule has 4 heteroatoms. The molecule has 1 aromatic rings. The van der Waals surface area contributed by atoms with Gasteiger partial charge in [0.25, 0.3) is 0 Å². The molecule has 4 nitrogen and oxygen atoms in total. The molecule has 2 fully saturated rings. The highest BCUT2D eigenvalue weighted by molar-refractivity contribution is 4.96. The maximum atomic E-state index is 4.03. The van der Waals surface area contributed by atoms with Crippen LogP contribution in [-0.4, -0.2) is 35.1 Å². The quantitative estimate of drug-likeness (QED) is 0.692. The fourth-order valence-corrected chi connectivity index (χ4v) is 3.51. The minimum atomic E-state index is 0.694. The number of hydrogen-bond donors (Lipinski definition) is 3. The summed E-state index contributed by atoms with van der Waals surface area (Å²) in [6.45, 7) is 2.15. The van der Waals surface area contributed by atoms with Gasteiger partial charge in [-0.25, -0.2) is 4.98 Å². The van der Waals surface area contributed by atoms with Gasteiger partial charge in [-0.15, -0.1) is 0 Å². The Hall–Kier alpha value is -0.870. The third-order valence-corrected chi connectivity index (χ3v) is 4.46. The van der Waals surface area contributed by atoms with Gasteiger partial charge in [0, 0.05) is 43.5 Å². The van der Waals surface area contributed by atoms with Gasteiger partial charge in [0.15, 0.2) is 0 Å². The summed E-state index contributed by atoms with van der Waals surface area (Å²) in [5.74, 6) is 0.957. The summed E-state index contributed by atoms with van der Waals surface area (Å²) in [6, 6.07) is 1.51. The Morgan fingerprint density at radius 2 is 2.28 bits per heavy atom. The Bertz CT molecular complexity index is 335. The van der Waals surface area contributed by atoms with Crippen LogP contribution in [0.1, 0.15) is 37.8 Å². The first-order valence-electron chi connectivity index (χ1n) is 7.36. The summed E-state index contributed by atoms with van der Waals surface area (Å²) < 4.78 is 0. The highest BCUT2D eigenvalue weighted by Gasteiger charge is 2.34. The minimum Gasteiger partial charge on any atom is -0.348 e. The van der Waals surface area contributed by atoms with E-state index in [4.69, 9.17) is 0 Å². The van der Waals surface area contributed by atoms with Crippen LogP contribution in [0, 0.1) is 5.92 Å². The third-order valence-electron chi connectivity index (χ3n) is 4.46. The number of imidazole rings is 1. The average molecular weight is 248 g/mol. The Morgan fingerprint density at radius 3 is 3.11 bits per heavy atom. The second-order valence-corrected chi connectivity index (χ2v) is 5.78. The zero-order chi connectivity index (χ0) is 12.2. The van der Waals surface area contributed by atoms with Crippen LogP contribution >= 0.6 is 0 Å². The fourth-order valence-electron chi connectivity index (χ4n) is 3.51. The lowest BCUT2D eigenvalue weighted by Gasteiger charge is -2.24. The van der Waals surface area contributed by atoms with Crippen molar-refractivity contribution in [1.82, 2.24) is 20.6 Å². The van der Waals surface area contributed by atoms with E-state index in [-0.39, 0.29) is 0 Å². The van der Waals surface area contributed by atoms with Gasteiger partial charge in [-0.1, -0.05) is 12.8 Å². The van der Waals surface area contributed by atoms with Crippen LogP contribution in [-0.2, 0) is 6.42 Å². The van der Waals surface area contributed by atoms with Gasteiger partial charge < -0.3 is 15.6 Å². The van der Waals surface area contributed by atoms with Crippen LogP contribution in [0.3, 0.4) is 0 Å².